The number of halogens is 3. The molecule has 14 heavy (non-hydrogen) atoms. The third kappa shape index (κ3) is 2.02. The van der Waals surface area contributed by atoms with Crippen LogP contribution in [0, 0.1) is 11.6 Å². The highest BCUT2D eigenvalue weighted by Crippen LogP contribution is 2.30. The molecule has 0 radical (unpaired) electrons. The molecule has 0 spiro atoms. The van der Waals surface area contributed by atoms with E-state index in [4.69, 9.17) is 22.4 Å². The van der Waals surface area contributed by atoms with Crippen molar-refractivity contribution in [3.63, 3.8) is 0 Å². The van der Waals surface area contributed by atoms with Gasteiger partial charge in [0.25, 0.3) is 0 Å². The first kappa shape index (κ1) is 10.9. The second-order valence-corrected chi connectivity index (χ2v) is 2.97. The van der Waals surface area contributed by atoms with Crippen molar-refractivity contribution in [3.05, 3.63) is 34.4 Å². The third-order valence-corrected chi connectivity index (χ3v) is 1.88. The first-order valence-corrected chi connectivity index (χ1v) is 4.18. The molecule has 0 saturated heterocycles. The van der Waals surface area contributed by atoms with Crippen molar-refractivity contribution in [1.29, 1.82) is 0 Å². The van der Waals surface area contributed by atoms with Crippen LogP contribution >= 0.6 is 11.6 Å². The lowest BCUT2D eigenvalue weighted by atomic mass is 10.2. The summed E-state index contributed by atoms with van der Waals surface area (Å²) >= 11 is 5.45. The fraction of sp³-hybridized carbons (Fsp3) is 0.111. The first-order chi connectivity index (χ1) is 6.57. The van der Waals surface area contributed by atoms with Gasteiger partial charge in [-0.05, 0) is 6.07 Å². The molecule has 0 heterocycles. The summed E-state index contributed by atoms with van der Waals surface area (Å²) in [5.74, 6) is -3.38. The van der Waals surface area contributed by atoms with E-state index < -0.39 is 17.4 Å². The minimum absolute atomic E-state index is 0.0456. The molecule has 5 heteroatoms. The van der Waals surface area contributed by atoms with E-state index in [0.717, 1.165) is 6.07 Å². The van der Waals surface area contributed by atoms with Gasteiger partial charge in [0.15, 0.2) is 11.6 Å². The van der Waals surface area contributed by atoms with Crippen molar-refractivity contribution in [3.8, 4) is 5.75 Å². The van der Waals surface area contributed by atoms with E-state index >= 15 is 0 Å². The van der Waals surface area contributed by atoms with Crippen LogP contribution in [0.15, 0.2) is 12.1 Å². The van der Waals surface area contributed by atoms with Gasteiger partial charge in [-0.2, -0.15) is 4.39 Å². The molecule has 0 saturated carbocycles. The fourth-order valence-electron chi connectivity index (χ4n) is 0.920. The van der Waals surface area contributed by atoms with E-state index in [1.165, 1.54) is 12.2 Å². The molecule has 0 atom stereocenters. The lowest BCUT2D eigenvalue weighted by molar-refractivity contribution is 0.407. The van der Waals surface area contributed by atoms with Crippen molar-refractivity contribution in [1.82, 2.24) is 0 Å². The maximum Gasteiger partial charge on any atom is 0.202 e. The Balaban J connectivity index is 3.26. The van der Waals surface area contributed by atoms with Gasteiger partial charge in [0.05, 0.1) is 5.02 Å². The Morgan fingerprint density at radius 1 is 1.43 bits per heavy atom. The van der Waals surface area contributed by atoms with E-state index in [-0.39, 0.29) is 17.1 Å². The molecule has 0 bridgehead atoms. The largest absolute Gasteiger partial charge is 0.504 e. The lowest BCUT2D eigenvalue weighted by Gasteiger charge is -2.03. The van der Waals surface area contributed by atoms with Gasteiger partial charge in [-0.15, -0.1) is 0 Å². The van der Waals surface area contributed by atoms with Crippen LogP contribution in [0.2, 0.25) is 5.02 Å². The number of phenolic OH excluding ortho intramolecular Hbond substituents is 1. The van der Waals surface area contributed by atoms with Gasteiger partial charge in [-0.1, -0.05) is 23.8 Å². The molecule has 76 valence electrons. The molecule has 0 aliphatic heterocycles. The second kappa shape index (κ2) is 4.39. The number of hydrogen-bond donors (Lipinski definition) is 2. The van der Waals surface area contributed by atoms with Crippen molar-refractivity contribution in [2.75, 3.05) is 6.54 Å². The summed E-state index contributed by atoms with van der Waals surface area (Å²) in [4.78, 5) is 0. The zero-order valence-corrected chi connectivity index (χ0v) is 7.85. The molecule has 0 aromatic heterocycles. The summed E-state index contributed by atoms with van der Waals surface area (Å²) in [6, 6.07) is 1.13. The topological polar surface area (TPSA) is 46.2 Å². The van der Waals surface area contributed by atoms with Gasteiger partial charge in [0.1, 0.15) is 0 Å². The highest BCUT2D eigenvalue weighted by Gasteiger charge is 2.14. The van der Waals surface area contributed by atoms with Crippen molar-refractivity contribution < 1.29 is 13.9 Å². The zero-order valence-electron chi connectivity index (χ0n) is 7.10. The number of nitrogens with two attached hydrogens (primary N) is 1. The molecule has 0 unspecified atom stereocenters. The summed E-state index contributed by atoms with van der Waals surface area (Å²) < 4.78 is 26.0. The summed E-state index contributed by atoms with van der Waals surface area (Å²) in [6.45, 7) is 0.208. The van der Waals surface area contributed by atoms with Crippen LogP contribution in [0.25, 0.3) is 6.08 Å². The van der Waals surface area contributed by atoms with Gasteiger partial charge in [-0.25, -0.2) is 4.39 Å². The molecular weight excluding hydrogens is 212 g/mol. The Bertz CT molecular complexity index is 380. The van der Waals surface area contributed by atoms with Gasteiger partial charge in [0.2, 0.25) is 5.82 Å². The number of rotatable bonds is 2. The predicted molar refractivity (Wildman–Crippen MR) is 51.1 cm³/mol. The molecule has 0 amide bonds. The number of aromatic hydroxyl groups is 1. The maximum atomic E-state index is 13.1. The molecule has 0 fully saturated rings. The first-order valence-electron chi connectivity index (χ1n) is 3.81. The van der Waals surface area contributed by atoms with E-state index in [9.17, 15) is 8.78 Å². The highest BCUT2D eigenvalue weighted by atomic mass is 35.5. The Kier molecular flexibility index (Phi) is 3.43. The smallest absolute Gasteiger partial charge is 0.202 e. The summed E-state index contributed by atoms with van der Waals surface area (Å²) in [7, 11) is 0. The summed E-state index contributed by atoms with van der Waals surface area (Å²) in [5, 5.41) is 8.71. The second-order valence-electron chi connectivity index (χ2n) is 2.56. The van der Waals surface area contributed by atoms with Crippen molar-refractivity contribution in [2.45, 2.75) is 0 Å². The van der Waals surface area contributed by atoms with Crippen LogP contribution in [0.3, 0.4) is 0 Å². The number of hydrogen-bond acceptors (Lipinski definition) is 2. The normalized spacial score (nSPS) is 11.1. The maximum absolute atomic E-state index is 13.1. The van der Waals surface area contributed by atoms with Gasteiger partial charge >= 0.3 is 0 Å². The van der Waals surface area contributed by atoms with E-state index in [2.05, 4.69) is 0 Å². The molecule has 1 rings (SSSR count). The van der Waals surface area contributed by atoms with Crippen LogP contribution in [0.1, 0.15) is 5.56 Å². The van der Waals surface area contributed by atoms with E-state index in [0.29, 0.717) is 0 Å². The molecule has 1 aromatic carbocycles. The SMILES string of the molecule is NC/C=C/c1cc(Cl)c(O)c(F)c1F. The average Bonchev–Trinajstić information content (AvgIpc) is 2.18. The summed E-state index contributed by atoms with van der Waals surface area (Å²) in [5.41, 5.74) is 5.10. The van der Waals surface area contributed by atoms with Crippen LogP contribution in [-0.4, -0.2) is 11.7 Å². The standard InChI is InChI=1S/C9H8ClF2NO/c10-6-4-5(2-1-3-13)7(11)8(12)9(6)14/h1-2,4,14H,3,13H2/b2-1+. The van der Waals surface area contributed by atoms with Gasteiger partial charge in [-0.3, -0.25) is 0 Å². The molecule has 0 aliphatic carbocycles. The minimum atomic E-state index is -1.35. The van der Waals surface area contributed by atoms with Crippen molar-refractivity contribution >= 4 is 17.7 Å². The van der Waals surface area contributed by atoms with Crippen LogP contribution < -0.4 is 5.73 Å². The Labute approximate surface area is 84.6 Å². The monoisotopic (exact) mass is 219 g/mol. The molecule has 2 nitrogen and oxygen atoms in total. The molecular formula is C9H8ClF2NO. The molecule has 3 N–H and O–H groups in total. The van der Waals surface area contributed by atoms with Crippen LogP contribution in [-0.2, 0) is 0 Å². The minimum Gasteiger partial charge on any atom is -0.504 e. The van der Waals surface area contributed by atoms with Crippen LogP contribution in [0.4, 0.5) is 8.78 Å². The van der Waals surface area contributed by atoms with Gasteiger partial charge < -0.3 is 10.8 Å². The average molecular weight is 220 g/mol. The third-order valence-electron chi connectivity index (χ3n) is 1.60. The van der Waals surface area contributed by atoms with Crippen LogP contribution in [0.5, 0.6) is 5.75 Å². The predicted octanol–water partition coefficient (Wildman–Crippen LogP) is 2.30. The molecule has 0 aliphatic rings. The lowest BCUT2D eigenvalue weighted by Crippen LogP contribution is -1.94. The summed E-state index contributed by atoms with van der Waals surface area (Å²) in [6.07, 6.45) is 2.75. The molecule has 1 aromatic rings. The fourth-order valence-corrected chi connectivity index (χ4v) is 1.12. The zero-order chi connectivity index (χ0) is 10.7. The quantitative estimate of drug-likeness (QED) is 0.750. The van der Waals surface area contributed by atoms with Gasteiger partial charge in [0, 0.05) is 12.1 Å². The Hall–Kier alpha value is -1.13. The van der Waals surface area contributed by atoms with Crippen molar-refractivity contribution in [2.24, 2.45) is 5.73 Å². The highest BCUT2D eigenvalue weighted by molar-refractivity contribution is 6.32. The number of phenols is 1. The van der Waals surface area contributed by atoms with E-state index in [1.807, 2.05) is 0 Å². The Morgan fingerprint density at radius 2 is 2.07 bits per heavy atom. The Morgan fingerprint density at radius 3 is 2.64 bits per heavy atom. The number of benzene rings is 1. The van der Waals surface area contributed by atoms with E-state index in [1.54, 1.807) is 0 Å².